The van der Waals surface area contributed by atoms with E-state index in [-0.39, 0.29) is 18.5 Å². The van der Waals surface area contributed by atoms with Crippen LogP contribution in [0.4, 0.5) is 0 Å². The molecule has 77 heavy (non-hydrogen) atoms. The predicted octanol–water partition coefficient (Wildman–Crippen LogP) is 22.1. The first kappa shape index (κ1) is 74.8. The lowest BCUT2D eigenvalue weighted by Crippen LogP contribution is -2.45. The second-order valence-electron chi connectivity index (χ2n) is 23.5. The van der Waals surface area contributed by atoms with Gasteiger partial charge in [-0.1, -0.05) is 313 Å². The van der Waals surface area contributed by atoms with E-state index >= 15 is 0 Å². The molecule has 3 N–H and O–H groups in total. The molecule has 0 saturated heterocycles. The standard InChI is InChI=1S/C71H133NO5/c1-3-5-7-9-11-13-15-17-19-20-21-22-26-29-32-36-39-43-47-51-55-59-63-69(74)68(67-73)72-70(75)64-60-56-52-48-44-40-37-33-30-27-24-23-25-28-31-34-38-42-46-50-54-58-62-66-77-71(76)65-61-57-53-49-45-41-35-18-16-14-12-10-8-6-4-2/h12,14,18,27,30,35,59,63,68-69,73-74H,3-11,13,15-17,19-26,28-29,31-34,36-58,60-62,64-67H2,1-2H3,(H,72,75)/b14-12-,30-27-,35-18-,63-59+. The van der Waals surface area contributed by atoms with E-state index in [1.807, 2.05) is 6.08 Å². The fourth-order valence-electron chi connectivity index (χ4n) is 10.5. The van der Waals surface area contributed by atoms with Crippen molar-refractivity contribution in [2.75, 3.05) is 13.2 Å². The fraction of sp³-hybridized carbons (Fsp3) is 0.859. The summed E-state index contributed by atoms with van der Waals surface area (Å²) in [6.07, 6.45) is 86.0. The van der Waals surface area contributed by atoms with E-state index in [4.69, 9.17) is 4.74 Å². The highest BCUT2D eigenvalue weighted by atomic mass is 16.5. The van der Waals surface area contributed by atoms with Crippen LogP contribution >= 0.6 is 0 Å². The number of rotatable bonds is 64. The van der Waals surface area contributed by atoms with Gasteiger partial charge >= 0.3 is 5.97 Å². The average molecular weight is 1080 g/mol. The molecule has 0 saturated carbocycles. The lowest BCUT2D eigenvalue weighted by molar-refractivity contribution is -0.143. The number of allylic oxidation sites excluding steroid dienone is 7. The summed E-state index contributed by atoms with van der Waals surface area (Å²) in [6.45, 7) is 4.89. The number of amides is 1. The summed E-state index contributed by atoms with van der Waals surface area (Å²) >= 11 is 0. The molecule has 2 unspecified atom stereocenters. The molecule has 0 aliphatic rings. The first-order valence-electron chi connectivity index (χ1n) is 34.4. The van der Waals surface area contributed by atoms with Gasteiger partial charge in [-0.25, -0.2) is 0 Å². The quantitative estimate of drug-likeness (QED) is 0.0320. The topological polar surface area (TPSA) is 95.9 Å². The number of unbranched alkanes of at least 4 members (excludes halogenated alkanes) is 47. The van der Waals surface area contributed by atoms with E-state index in [1.54, 1.807) is 6.08 Å². The summed E-state index contributed by atoms with van der Waals surface area (Å²) < 4.78 is 5.48. The first-order chi connectivity index (χ1) is 38.0. The van der Waals surface area contributed by atoms with Crippen LogP contribution in [0.15, 0.2) is 48.6 Å². The summed E-state index contributed by atoms with van der Waals surface area (Å²) in [6, 6.07) is -0.635. The lowest BCUT2D eigenvalue weighted by Gasteiger charge is -2.20. The van der Waals surface area contributed by atoms with Crippen molar-refractivity contribution in [3.05, 3.63) is 48.6 Å². The molecular formula is C71H133NO5. The van der Waals surface area contributed by atoms with E-state index in [0.29, 0.717) is 19.4 Å². The summed E-state index contributed by atoms with van der Waals surface area (Å²) in [5, 5.41) is 23.2. The van der Waals surface area contributed by atoms with Crippen molar-refractivity contribution in [2.24, 2.45) is 0 Å². The van der Waals surface area contributed by atoms with Crippen molar-refractivity contribution < 1.29 is 24.5 Å². The van der Waals surface area contributed by atoms with Crippen molar-refractivity contribution in [3.8, 4) is 0 Å². The molecule has 0 heterocycles. The predicted molar refractivity (Wildman–Crippen MR) is 338 cm³/mol. The summed E-state index contributed by atoms with van der Waals surface area (Å²) in [4.78, 5) is 24.6. The van der Waals surface area contributed by atoms with E-state index in [2.05, 4.69) is 55.6 Å². The SMILES string of the molecule is CCCCC/C=C\C/C=C\CCCCCCCC(=O)OCCCCCCCCCCCCCC/C=C\CCCCCCCCCC(=O)NC(CO)C(O)/C=C/CCCCCCCCCCCCCCCCCCCCCC. The Labute approximate surface area is 480 Å². The van der Waals surface area contributed by atoms with Gasteiger partial charge in [0.2, 0.25) is 5.91 Å². The molecule has 6 nitrogen and oxygen atoms in total. The minimum absolute atomic E-state index is 0.00291. The molecule has 0 rings (SSSR count). The summed E-state index contributed by atoms with van der Waals surface area (Å²) in [5.74, 6) is -0.0745. The summed E-state index contributed by atoms with van der Waals surface area (Å²) in [5.41, 5.74) is 0. The third-order valence-corrected chi connectivity index (χ3v) is 15.8. The van der Waals surface area contributed by atoms with Crippen LogP contribution in [-0.2, 0) is 14.3 Å². The molecular weight excluding hydrogens is 947 g/mol. The van der Waals surface area contributed by atoms with Crippen LogP contribution in [0.1, 0.15) is 367 Å². The molecule has 0 aromatic carbocycles. The number of hydrogen-bond acceptors (Lipinski definition) is 5. The van der Waals surface area contributed by atoms with Gasteiger partial charge in [0.1, 0.15) is 0 Å². The Morgan fingerprint density at radius 2 is 0.649 bits per heavy atom. The van der Waals surface area contributed by atoms with Gasteiger partial charge in [-0.05, 0) is 89.9 Å². The highest BCUT2D eigenvalue weighted by Crippen LogP contribution is 2.18. The molecule has 0 radical (unpaired) electrons. The fourth-order valence-corrected chi connectivity index (χ4v) is 10.5. The highest BCUT2D eigenvalue weighted by Gasteiger charge is 2.18. The number of nitrogens with one attached hydrogen (secondary N) is 1. The Kier molecular flexibility index (Phi) is 64.5. The normalized spacial score (nSPS) is 12.8. The first-order valence-corrected chi connectivity index (χ1v) is 34.4. The van der Waals surface area contributed by atoms with Gasteiger partial charge in [0, 0.05) is 12.8 Å². The zero-order chi connectivity index (χ0) is 55.7. The number of aliphatic hydroxyl groups excluding tert-OH is 2. The molecule has 452 valence electrons. The molecule has 2 atom stereocenters. The van der Waals surface area contributed by atoms with Crippen LogP contribution in [0.5, 0.6) is 0 Å². The zero-order valence-corrected chi connectivity index (χ0v) is 51.7. The molecule has 0 aromatic rings. The third kappa shape index (κ3) is 62.9. The number of esters is 1. The van der Waals surface area contributed by atoms with Crippen LogP contribution in [0.3, 0.4) is 0 Å². The molecule has 0 fully saturated rings. The van der Waals surface area contributed by atoms with E-state index in [9.17, 15) is 19.8 Å². The van der Waals surface area contributed by atoms with Crippen molar-refractivity contribution >= 4 is 11.9 Å². The minimum atomic E-state index is -0.851. The van der Waals surface area contributed by atoms with Crippen LogP contribution in [0.25, 0.3) is 0 Å². The van der Waals surface area contributed by atoms with Gasteiger partial charge in [0.15, 0.2) is 0 Å². The highest BCUT2D eigenvalue weighted by molar-refractivity contribution is 5.76. The van der Waals surface area contributed by atoms with E-state index in [1.165, 1.54) is 283 Å². The monoisotopic (exact) mass is 1080 g/mol. The largest absolute Gasteiger partial charge is 0.466 e. The number of hydrogen-bond donors (Lipinski definition) is 3. The van der Waals surface area contributed by atoms with Crippen LogP contribution in [0, 0.1) is 0 Å². The zero-order valence-electron chi connectivity index (χ0n) is 51.7. The molecule has 0 bridgehead atoms. The second-order valence-corrected chi connectivity index (χ2v) is 23.5. The Morgan fingerprint density at radius 3 is 1.03 bits per heavy atom. The molecule has 6 heteroatoms. The van der Waals surface area contributed by atoms with E-state index < -0.39 is 12.1 Å². The maximum Gasteiger partial charge on any atom is 0.305 e. The van der Waals surface area contributed by atoms with Gasteiger partial charge in [-0.3, -0.25) is 9.59 Å². The van der Waals surface area contributed by atoms with Crippen molar-refractivity contribution in [3.63, 3.8) is 0 Å². The van der Waals surface area contributed by atoms with Gasteiger partial charge in [-0.2, -0.15) is 0 Å². The second kappa shape index (κ2) is 66.3. The lowest BCUT2D eigenvalue weighted by atomic mass is 10.0. The van der Waals surface area contributed by atoms with Gasteiger partial charge in [0.25, 0.3) is 0 Å². The maximum absolute atomic E-state index is 12.5. The van der Waals surface area contributed by atoms with Crippen molar-refractivity contribution in [2.45, 2.75) is 379 Å². The van der Waals surface area contributed by atoms with Gasteiger partial charge < -0.3 is 20.3 Å². The van der Waals surface area contributed by atoms with Crippen LogP contribution < -0.4 is 5.32 Å². The van der Waals surface area contributed by atoms with Gasteiger partial charge in [-0.15, -0.1) is 0 Å². The molecule has 0 aromatic heterocycles. The maximum atomic E-state index is 12.5. The molecule has 0 spiro atoms. The van der Waals surface area contributed by atoms with Crippen molar-refractivity contribution in [1.82, 2.24) is 5.32 Å². The smallest absolute Gasteiger partial charge is 0.305 e. The van der Waals surface area contributed by atoms with Crippen molar-refractivity contribution in [1.29, 1.82) is 0 Å². The summed E-state index contributed by atoms with van der Waals surface area (Å²) in [7, 11) is 0. The Bertz CT molecular complexity index is 1290. The Morgan fingerprint density at radius 1 is 0.364 bits per heavy atom. The van der Waals surface area contributed by atoms with Crippen LogP contribution in [-0.4, -0.2) is 47.4 Å². The number of carbonyl (C=O) groups excluding carboxylic acids is 2. The Balaban J connectivity index is 3.45. The Hall–Kier alpha value is -2.18. The molecule has 0 aliphatic carbocycles. The number of ether oxygens (including phenoxy) is 1. The number of aliphatic hydroxyl groups is 2. The molecule has 0 aliphatic heterocycles. The van der Waals surface area contributed by atoms with Gasteiger partial charge in [0.05, 0.1) is 25.4 Å². The van der Waals surface area contributed by atoms with Crippen LogP contribution in [0.2, 0.25) is 0 Å². The minimum Gasteiger partial charge on any atom is -0.466 e. The average Bonchev–Trinajstić information content (AvgIpc) is 3.43. The van der Waals surface area contributed by atoms with E-state index in [0.717, 1.165) is 57.8 Å². The molecule has 1 amide bonds. The third-order valence-electron chi connectivity index (χ3n) is 15.8. The number of carbonyl (C=O) groups is 2.